The van der Waals surface area contributed by atoms with E-state index in [-0.39, 0.29) is 16.9 Å². The highest BCUT2D eigenvalue weighted by Gasteiger charge is 2.43. The van der Waals surface area contributed by atoms with Crippen molar-refractivity contribution in [1.29, 1.82) is 0 Å². The summed E-state index contributed by atoms with van der Waals surface area (Å²) in [6.07, 6.45) is -5.43. The zero-order chi connectivity index (χ0) is 26.2. The lowest BCUT2D eigenvalue weighted by Gasteiger charge is -2.26. The lowest BCUT2D eigenvalue weighted by atomic mass is 10.1. The van der Waals surface area contributed by atoms with Crippen molar-refractivity contribution in [3.8, 4) is 5.69 Å². The fraction of sp³-hybridized carbons (Fsp3) is 0.417. The summed E-state index contributed by atoms with van der Waals surface area (Å²) in [5.41, 5.74) is -0.0892. The van der Waals surface area contributed by atoms with E-state index in [2.05, 4.69) is 15.1 Å². The van der Waals surface area contributed by atoms with Crippen molar-refractivity contribution < 1.29 is 26.9 Å². The zero-order valence-corrected chi connectivity index (χ0v) is 21.2. The number of carbonyl (C=O) groups is 1. The van der Waals surface area contributed by atoms with Crippen molar-refractivity contribution in [3.05, 3.63) is 54.1 Å². The Balaban J connectivity index is 2.11. The average Bonchev–Trinajstić information content (AvgIpc) is 3.07. The van der Waals surface area contributed by atoms with Gasteiger partial charge in [-0.15, -0.1) is 0 Å². The number of para-hydroxylation sites is 1. The van der Waals surface area contributed by atoms with E-state index in [1.54, 1.807) is 71.9 Å². The highest BCUT2D eigenvalue weighted by atomic mass is 32.2. The Kier molecular flexibility index (Phi) is 7.33. The third kappa shape index (κ3) is 6.61. The summed E-state index contributed by atoms with van der Waals surface area (Å²) in [7, 11) is -1.96. The minimum absolute atomic E-state index is 0.149. The van der Waals surface area contributed by atoms with Crippen molar-refractivity contribution in [2.24, 2.45) is 0 Å². The normalized spacial score (nSPS) is 14.5. The smallest absolute Gasteiger partial charge is 0.413 e. The zero-order valence-electron chi connectivity index (χ0n) is 20.4. The summed E-state index contributed by atoms with van der Waals surface area (Å²) in [4.78, 5) is 12.5. The molecule has 2 atom stereocenters. The number of amides is 1. The fourth-order valence-electron chi connectivity index (χ4n) is 3.17. The van der Waals surface area contributed by atoms with Crippen molar-refractivity contribution in [3.63, 3.8) is 0 Å². The first kappa shape index (κ1) is 26.7. The molecule has 0 aliphatic heterocycles. The van der Waals surface area contributed by atoms with Gasteiger partial charge in [0.05, 0.1) is 26.9 Å². The van der Waals surface area contributed by atoms with Crippen LogP contribution in [0.2, 0.25) is 0 Å². The van der Waals surface area contributed by atoms with Crippen molar-refractivity contribution in [2.45, 2.75) is 64.1 Å². The number of benzene rings is 2. The van der Waals surface area contributed by atoms with Gasteiger partial charge in [0.15, 0.2) is 0 Å². The predicted octanol–water partition coefficient (Wildman–Crippen LogP) is 6.03. The standard InChI is InChI=1S/C24H29F3N4O3S/c1-22(2,3)34-21(32)28-20-17-13-12-15(19(24(25,26)27)30-35(33)23(4,5)6)14-18(17)29-31(20)16-10-8-7-9-11-16/h7-14,19,30H,1-6H3,(H,28,32)/t19?,35-/m0/s1. The molecule has 1 amide bonds. The molecule has 0 aliphatic rings. The maximum Gasteiger partial charge on any atom is 0.413 e. The Labute approximate surface area is 204 Å². The van der Waals surface area contributed by atoms with Crippen molar-refractivity contribution >= 4 is 33.8 Å². The molecule has 11 heteroatoms. The number of carbonyl (C=O) groups excluding carboxylic acids is 1. The molecule has 0 saturated heterocycles. The number of halogens is 3. The number of rotatable bonds is 5. The summed E-state index contributed by atoms with van der Waals surface area (Å²) < 4.78 is 62.4. The fourth-order valence-corrected chi connectivity index (χ4v) is 4.00. The Morgan fingerprint density at radius 3 is 2.20 bits per heavy atom. The van der Waals surface area contributed by atoms with Crippen LogP contribution >= 0.6 is 0 Å². The number of alkyl halides is 3. The minimum Gasteiger partial charge on any atom is -0.444 e. The number of hydrogen-bond acceptors (Lipinski definition) is 4. The predicted molar refractivity (Wildman–Crippen MR) is 131 cm³/mol. The number of fused-ring (bicyclic) bond motifs is 1. The minimum atomic E-state index is -4.70. The van der Waals surface area contributed by atoms with Gasteiger partial charge in [0.1, 0.15) is 17.5 Å². The molecular formula is C24H29F3N4O3S. The largest absolute Gasteiger partial charge is 0.444 e. The van der Waals surface area contributed by atoms with Crippen LogP contribution in [0.3, 0.4) is 0 Å². The number of aromatic nitrogens is 2. The third-order valence-corrected chi connectivity index (χ3v) is 6.32. The molecule has 0 radical (unpaired) electrons. The van der Waals surface area contributed by atoms with E-state index in [4.69, 9.17) is 4.74 Å². The van der Waals surface area contributed by atoms with Crippen LogP contribution in [0, 0.1) is 0 Å². The first-order valence-corrected chi connectivity index (χ1v) is 12.0. The Bertz CT molecular complexity index is 1230. The lowest BCUT2D eigenvalue weighted by molar-refractivity contribution is -0.152. The molecule has 0 spiro atoms. The van der Waals surface area contributed by atoms with Crippen LogP contribution < -0.4 is 10.0 Å². The quantitative estimate of drug-likeness (QED) is 0.439. The molecule has 0 saturated carbocycles. The van der Waals surface area contributed by atoms with Crippen LogP contribution in [0.1, 0.15) is 53.1 Å². The second-order valence-corrected chi connectivity index (χ2v) is 12.0. The molecule has 3 aromatic rings. The Morgan fingerprint density at radius 2 is 1.66 bits per heavy atom. The summed E-state index contributed by atoms with van der Waals surface area (Å²) in [5.74, 6) is 0.252. The van der Waals surface area contributed by atoms with Crippen LogP contribution in [-0.2, 0) is 15.7 Å². The van der Waals surface area contributed by atoms with Gasteiger partial charge >= 0.3 is 12.3 Å². The topological polar surface area (TPSA) is 85.2 Å². The second kappa shape index (κ2) is 9.62. The molecule has 35 heavy (non-hydrogen) atoms. The van der Waals surface area contributed by atoms with Crippen LogP contribution in [0.4, 0.5) is 23.8 Å². The van der Waals surface area contributed by atoms with Gasteiger partial charge in [-0.2, -0.15) is 18.3 Å². The molecule has 1 aromatic heterocycles. The molecule has 0 fully saturated rings. The van der Waals surface area contributed by atoms with Gasteiger partial charge in [-0.1, -0.05) is 24.3 Å². The lowest BCUT2D eigenvalue weighted by Crippen LogP contribution is -2.41. The Hall–Kier alpha value is -2.92. The molecule has 190 valence electrons. The summed E-state index contributed by atoms with van der Waals surface area (Å²) in [5, 5.41) is 7.55. The van der Waals surface area contributed by atoms with E-state index >= 15 is 0 Å². The second-order valence-electron chi connectivity index (χ2n) is 9.97. The van der Waals surface area contributed by atoms with Gasteiger partial charge in [0.2, 0.25) is 0 Å². The molecule has 1 heterocycles. The van der Waals surface area contributed by atoms with Crippen LogP contribution in [0.25, 0.3) is 16.6 Å². The van der Waals surface area contributed by atoms with Gasteiger partial charge < -0.3 is 4.74 Å². The highest BCUT2D eigenvalue weighted by Crippen LogP contribution is 2.36. The van der Waals surface area contributed by atoms with Gasteiger partial charge in [0, 0.05) is 5.39 Å². The van der Waals surface area contributed by atoms with Crippen molar-refractivity contribution in [2.75, 3.05) is 5.32 Å². The molecule has 0 bridgehead atoms. The van der Waals surface area contributed by atoms with E-state index < -0.39 is 39.6 Å². The number of nitrogens with one attached hydrogen (secondary N) is 2. The number of anilines is 1. The number of nitrogens with zero attached hydrogens (tertiary/aromatic N) is 2. The van der Waals surface area contributed by atoms with Gasteiger partial charge in [0.25, 0.3) is 0 Å². The van der Waals surface area contributed by atoms with Gasteiger partial charge in [-0.3, -0.25) is 5.32 Å². The molecule has 3 rings (SSSR count). The average molecular weight is 511 g/mol. The molecule has 2 N–H and O–H groups in total. The third-order valence-electron chi connectivity index (χ3n) is 4.76. The van der Waals surface area contributed by atoms with Crippen LogP contribution in [-0.4, -0.2) is 36.6 Å². The maximum atomic E-state index is 13.9. The van der Waals surface area contributed by atoms with E-state index in [0.717, 1.165) is 0 Å². The van der Waals surface area contributed by atoms with E-state index in [1.165, 1.54) is 22.9 Å². The first-order valence-electron chi connectivity index (χ1n) is 10.9. The SMILES string of the molecule is CC(C)(C)OC(=O)Nc1c2ccc(C(N[S@@](=O)C(C)(C)C)C(F)(F)F)cc2nn1-c1ccccc1. The molecular weight excluding hydrogens is 481 g/mol. The number of hydrogen-bond donors (Lipinski definition) is 2. The van der Waals surface area contributed by atoms with Crippen LogP contribution in [0.5, 0.6) is 0 Å². The molecule has 0 aliphatic carbocycles. The molecule has 1 unspecified atom stereocenters. The Morgan fingerprint density at radius 1 is 1.03 bits per heavy atom. The summed E-state index contributed by atoms with van der Waals surface area (Å²) >= 11 is 0. The molecule has 2 aromatic carbocycles. The van der Waals surface area contributed by atoms with Gasteiger partial charge in [-0.25, -0.2) is 18.4 Å². The van der Waals surface area contributed by atoms with Crippen LogP contribution in [0.15, 0.2) is 48.5 Å². The summed E-state index contributed by atoms with van der Waals surface area (Å²) in [6.45, 7) is 9.92. The first-order chi connectivity index (χ1) is 16.1. The monoisotopic (exact) mass is 510 g/mol. The summed E-state index contributed by atoms with van der Waals surface area (Å²) in [6, 6.07) is 10.7. The maximum absolute atomic E-state index is 13.9. The number of ether oxygens (including phenoxy) is 1. The van der Waals surface area contributed by atoms with E-state index in [1.807, 2.05) is 0 Å². The van der Waals surface area contributed by atoms with E-state index in [0.29, 0.717) is 11.1 Å². The van der Waals surface area contributed by atoms with Crippen molar-refractivity contribution in [1.82, 2.24) is 14.5 Å². The van der Waals surface area contributed by atoms with Gasteiger partial charge in [-0.05, 0) is 71.4 Å². The van der Waals surface area contributed by atoms with E-state index in [9.17, 15) is 22.2 Å². The molecule has 7 nitrogen and oxygen atoms in total. The highest BCUT2D eigenvalue weighted by molar-refractivity contribution is 7.84.